The van der Waals surface area contributed by atoms with Gasteiger partial charge in [-0.25, -0.2) is 0 Å². The molecule has 22 heavy (non-hydrogen) atoms. The molecule has 4 nitrogen and oxygen atoms in total. The van der Waals surface area contributed by atoms with Crippen molar-refractivity contribution in [1.82, 2.24) is 0 Å². The summed E-state index contributed by atoms with van der Waals surface area (Å²) in [5.74, 6) is -0.471. The molecule has 2 aromatic carbocycles. The number of nitrogens with one attached hydrogen (secondary N) is 1. The fourth-order valence-electron chi connectivity index (χ4n) is 2.24. The fourth-order valence-corrected chi connectivity index (χ4v) is 2.24. The van der Waals surface area contributed by atoms with Crippen LogP contribution in [0.25, 0.3) is 11.0 Å². The summed E-state index contributed by atoms with van der Waals surface area (Å²) in [6, 6.07) is 12.7. The summed E-state index contributed by atoms with van der Waals surface area (Å²) in [6.07, 6.45) is 1.21. The minimum atomic E-state index is -0.471. The molecule has 0 aliphatic rings. The lowest BCUT2D eigenvalue weighted by Crippen LogP contribution is -2.21. The Bertz CT molecular complexity index is 908. The Hall–Kier alpha value is -2.88. The van der Waals surface area contributed by atoms with E-state index in [0.29, 0.717) is 16.7 Å². The summed E-state index contributed by atoms with van der Waals surface area (Å²) in [7, 11) is 0. The van der Waals surface area contributed by atoms with E-state index in [9.17, 15) is 9.59 Å². The summed E-state index contributed by atoms with van der Waals surface area (Å²) < 4.78 is 5.40. The number of aryl methyl sites for hydroxylation is 2. The van der Waals surface area contributed by atoms with Crippen LogP contribution in [0.5, 0.6) is 0 Å². The van der Waals surface area contributed by atoms with E-state index in [2.05, 4.69) is 5.32 Å². The van der Waals surface area contributed by atoms with Gasteiger partial charge in [0.15, 0.2) is 0 Å². The highest BCUT2D eigenvalue weighted by molar-refractivity contribution is 6.05. The predicted octanol–water partition coefficient (Wildman–Crippen LogP) is 3.66. The molecule has 0 aliphatic carbocycles. The van der Waals surface area contributed by atoms with Crippen LogP contribution in [0, 0.1) is 13.8 Å². The summed E-state index contributed by atoms with van der Waals surface area (Å²) >= 11 is 0. The average Bonchev–Trinajstić information content (AvgIpc) is 2.50. The maximum absolute atomic E-state index is 12.4. The van der Waals surface area contributed by atoms with Crippen LogP contribution in [0.3, 0.4) is 0 Å². The smallest absolute Gasteiger partial charge is 0.262 e. The summed E-state index contributed by atoms with van der Waals surface area (Å²) in [5, 5.41) is 3.12. The van der Waals surface area contributed by atoms with Gasteiger partial charge in [-0.15, -0.1) is 0 Å². The fraction of sp³-hybridized carbons (Fsp3) is 0.111. The molecule has 1 N–H and O–H groups in total. The van der Waals surface area contributed by atoms with Crippen LogP contribution >= 0.6 is 0 Å². The van der Waals surface area contributed by atoms with Gasteiger partial charge in [0.05, 0.1) is 5.39 Å². The molecule has 3 aromatic rings. The number of rotatable bonds is 2. The van der Waals surface area contributed by atoms with Crippen LogP contribution in [0.2, 0.25) is 0 Å². The van der Waals surface area contributed by atoms with Crippen LogP contribution in [-0.4, -0.2) is 5.91 Å². The summed E-state index contributed by atoms with van der Waals surface area (Å²) in [6.45, 7) is 3.85. The van der Waals surface area contributed by atoms with Gasteiger partial charge in [-0.1, -0.05) is 29.3 Å². The Morgan fingerprint density at radius 2 is 1.68 bits per heavy atom. The van der Waals surface area contributed by atoms with Gasteiger partial charge in [0, 0.05) is 5.69 Å². The first-order chi connectivity index (χ1) is 10.5. The Balaban J connectivity index is 1.99. The Labute approximate surface area is 127 Å². The topological polar surface area (TPSA) is 59.3 Å². The molecule has 1 amide bonds. The van der Waals surface area contributed by atoms with Crippen molar-refractivity contribution in [1.29, 1.82) is 0 Å². The zero-order valence-electron chi connectivity index (χ0n) is 12.3. The Kier molecular flexibility index (Phi) is 3.51. The number of anilines is 1. The van der Waals surface area contributed by atoms with Gasteiger partial charge in [-0.3, -0.25) is 9.59 Å². The maximum Gasteiger partial charge on any atom is 0.262 e. The molecule has 0 atom stereocenters. The van der Waals surface area contributed by atoms with Crippen molar-refractivity contribution in [2.75, 3.05) is 5.32 Å². The van der Waals surface area contributed by atoms with Crippen LogP contribution in [0.4, 0.5) is 5.69 Å². The molecule has 0 fully saturated rings. The number of hydrogen-bond donors (Lipinski definition) is 1. The largest absolute Gasteiger partial charge is 0.463 e. The molecule has 0 aliphatic heterocycles. The first kappa shape index (κ1) is 14.1. The van der Waals surface area contributed by atoms with E-state index < -0.39 is 5.91 Å². The molecule has 3 rings (SSSR count). The number of carbonyl (C=O) groups excluding carboxylic acids is 1. The zero-order valence-corrected chi connectivity index (χ0v) is 12.3. The van der Waals surface area contributed by atoms with Gasteiger partial charge in [-0.2, -0.15) is 0 Å². The molecule has 0 unspecified atom stereocenters. The van der Waals surface area contributed by atoms with Crippen molar-refractivity contribution in [3.05, 3.63) is 75.6 Å². The van der Waals surface area contributed by atoms with E-state index in [1.54, 1.807) is 24.3 Å². The van der Waals surface area contributed by atoms with Crippen molar-refractivity contribution >= 4 is 22.6 Å². The first-order valence-corrected chi connectivity index (χ1v) is 6.95. The highest BCUT2D eigenvalue weighted by atomic mass is 16.3. The van der Waals surface area contributed by atoms with Crippen molar-refractivity contribution in [2.45, 2.75) is 13.8 Å². The first-order valence-electron chi connectivity index (χ1n) is 6.95. The van der Waals surface area contributed by atoms with E-state index in [1.807, 2.05) is 32.0 Å². The average molecular weight is 293 g/mol. The number of benzene rings is 2. The predicted molar refractivity (Wildman–Crippen MR) is 86.4 cm³/mol. The minimum absolute atomic E-state index is 0.00123. The quantitative estimate of drug-likeness (QED) is 0.784. The molecule has 0 saturated carbocycles. The second-order valence-corrected chi connectivity index (χ2v) is 5.30. The van der Waals surface area contributed by atoms with Gasteiger partial charge < -0.3 is 9.73 Å². The molecule has 1 heterocycles. The van der Waals surface area contributed by atoms with Crippen LogP contribution in [0.15, 0.2) is 57.9 Å². The highest BCUT2D eigenvalue weighted by Gasteiger charge is 2.14. The molecule has 0 spiro atoms. The Morgan fingerprint density at radius 1 is 1.00 bits per heavy atom. The second kappa shape index (κ2) is 5.48. The molecule has 4 heteroatoms. The lowest BCUT2D eigenvalue weighted by molar-refractivity contribution is 0.102. The lowest BCUT2D eigenvalue weighted by atomic mass is 10.1. The normalized spacial score (nSPS) is 10.6. The number of hydrogen-bond acceptors (Lipinski definition) is 3. The summed E-state index contributed by atoms with van der Waals surface area (Å²) in [5.41, 5.74) is 2.82. The van der Waals surface area contributed by atoms with Crippen molar-refractivity contribution in [2.24, 2.45) is 0 Å². The van der Waals surface area contributed by atoms with E-state index >= 15 is 0 Å². The van der Waals surface area contributed by atoms with Crippen LogP contribution < -0.4 is 10.7 Å². The monoisotopic (exact) mass is 293 g/mol. The van der Waals surface area contributed by atoms with Gasteiger partial charge in [0.25, 0.3) is 5.91 Å². The SMILES string of the molecule is Cc1ccc(NC(=O)c2coc3ccc(C)cc3c2=O)cc1. The standard InChI is InChI=1S/C18H15NO3/c1-11-3-6-13(7-4-11)19-18(21)15-10-22-16-8-5-12(2)9-14(16)17(15)20/h3-10H,1-2H3,(H,19,21). The van der Waals surface area contributed by atoms with Crippen molar-refractivity contribution in [3.63, 3.8) is 0 Å². The molecule has 1 aromatic heterocycles. The number of fused-ring (bicyclic) bond motifs is 1. The molecule has 0 radical (unpaired) electrons. The molecule has 110 valence electrons. The minimum Gasteiger partial charge on any atom is -0.463 e. The third-order valence-electron chi connectivity index (χ3n) is 3.48. The lowest BCUT2D eigenvalue weighted by Gasteiger charge is -2.06. The van der Waals surface area contributed by atoms with E-state index in [1.165, 1.54) is 6.26 Å². The third kappa shape index (κ3) is 2.63. The van der Waals surface area contributed by atoms with Crippen molar-refractivity contribution in [3.8, 4) is 0 Å². The molecular weight excluding hydrogens is 278 g/mol. The van der Waals surface area contributed by atoms with Crippen LogP contribution in [-0.2, 0) is 0 Å². The molecule has 0 saturated heterocycles. The van der Waals surface area contributed by atoms with Gasteiger partial charge in [0.2, 0.25) is 5.43 Å². The highest BCUT2D eigenvalue weighted by Crippen LogP contribution is 2.15. The number of amides is 1. The second-order valence-electron chi connectivity index (χ2n) is 5.30. The molecular formula is C18H15NO3. The van der Waals surface area contributed by atoms with Crippen LogP contribution in [0.1, 0.15) is 21.5 Å². The van der Waals surface area contributed by atoms with E-state index in [-0.39, 0.29) is 11.0 Å². The zero-order chi connectivity index (χ0) is 15.7. The number of carbonyl (C=O) groups is 1. The Morgan fingerprint density at radius 3 is 2.41 bits per heavy atom. The van der Waals surface area contributed by atoms with Crippen molar-refractivity contribution < 1.29 is 9.21 Å². The van der Waals surface area contributed by atoms with Gasteiger partial charge in [0.1, 0.15) is 17.4 Å². The third-order valence-corrected chi connectivity index (χ3v) is 3.48. The summed E-state index contributed by atoms with van der Waals surface area (Å²) in [4.78, 5) is 24.7. The van der Waals surface area contributed by atoms with E-state index in [4.69, 9.17) is 4.42 Å². The maximum atomic E-state index is 12.4. The van der Waals surface area contributed by atoms with Gasteiger partial charge in [-0.05, 0) is 38.1 Å². The molecule has 0 bridgehead atoms. The van der Waals surface area contributed by atoms with Gasteiger partial charge >= 0.3 is 0 Å². The van der Waals surface area contributed by atoms with E-state index in [0.717, 1.165) is 11.1 Å².